The van der Waals surface area contributed by atoms with Crippen LogP contribution in [0.4, 0.5) is 15.8 Å². The highest BCUT2D eigenvalue weighted by Crippen LogP contribution is 2.24. The third kappa shape index (κ3) is 3.30. The molecule has 2 nitrogen and oxygen atoms in total. The van der Waals surface area contributed by atoms with E-state index in [0.717, 1.165) is 37.2 Å². The molecule has 2 aromatic rings. The zero-order valence-corrected chi connectivity index (χ0v) is 12.2. The molecule has 108 valence electrons. The van der Waals surface area contributed by atoms with Crippen LogP contribution in [-0.4, -0.2) is 19.3 Å². The third-order valence-corrected chi connectivity index (χ3v) is 3.82. The minimum absolute atomic E-state index is 0.162. The Labute approximate surface area is 124 Å². The Morgan fingerprint density at radius 1 is 1.05 bits per heavy atom. The minimum Gasteiger partial charge on any atom is -0.369 e. The van der Waals surface area contributed by atoms with Crippen LogP contribution in [0.5, 0.6) is 0 Å². The summed E-state index contributed by atoms with van der Waals surface area (Å²) in [6, 6.07) is 13.3. The average Bonchev–Trinajstić information content (AvgIpc) is 3.01. The van der Waals surface area contributed by atoms with Crippen molar-refractivity contribution in [2.45, 2.75) is 19.8 Å². The lowest BCUT2D eigenvalue weighted by Gasteiger charge is -2.18. The van der Waals surface area contributed by atoms with Gasteiger partial charge in [0.15, 0.2) is 0 Å². The topological polar surface area (TPSA) is 15.6 Å². The molecule has 0 amide bonds. The monoisotopic (exact) mass is 282 g/mol. The molecule has 0 N–H and O–H groups in total. The maximum absolute atomic E-state index is 14.2. The van der Waals surface area contributed by atoms with E-state index in [1.807, 2.05) is 43.3 Å². The Morgan fingerprint density at radius 3 is 2.43 bits per heavy atom. The van der Waals surface area contributed by atoms with E-state index >= 15 is 0 Å². The first kappa shape index (κ1) is 13.8. The van der Waals surface area contributed by atoms with Gasteiger partial charge in [0, 0.05) is 19.3 Å². The minimum atomic E-state index is -0.162. The van der Waals surface area contributed by atoms with Crippen molar-refractivity contribution < 1.29 is 4.39 Å². The van der Waals surface area contributed by atoms with E-state index in [1.54, 1.807) is 12.3 Å². The zero-order valence-electron chi connectivity index (χ0n) is 12.2. The van der Waals surface area contributed by atoms with Crippen molar-refractivity contribution in [3.05, 3.63) is 59.4 Å². The molecule has 3 rings (SSSR count). The van der Waals surface area contributed by atoms with Gasteiger partial charge < -0.3 is 4.90 Å². The van der Waals surface area contributed by atoms with E-state index in [-0.39, 0.29) is 5.82 Å². The second kappa shape index (κ2) is 6.08. The summed E-state index contributed by atoms with van der Waals surface area (Å²) in [4.78, 5) is 6.49. The number of nitrogens with zero attached hydrogens (tertiary/aromatic N) is 2. The molecule has 0 unspecified atom stereocenters. The molecule has 1 aliphatic rings. The van der Waals surface area contributed by atoms with E-state index in [0.29, 0.717) is 5.69 Å². The largest absolute Gasteiger partial charge is 0.369 e. The molecule has 0 spiro atoms. The predicted molar refractivity (Wildman–Crippen MR) is 86.3 cm³/mol. The van der Waals surface area contributed by atoms with Gasteiger partial charge >= 0.3 is 0 Å². The molecule has 0 saturated carbocycles. The average molecular weight is 282 g/mol. The summed E-state index contributed by atoms with van der Waals surface area (Å²) < 4.78 is 14.2. The summed E-state index contributed by atoms with van der Waals surface area (Å²) >= 11 is 0. The zero-order chi connectivity index (χ0) is 14.7. The van der Waals surface area contributed by atoms with Crippen molar-refractivity contribution in [1.82, 2.24) is 0 Å². The number of halogens is 1. The van der Waals surface area contributed by atoms with Gasteiger partial charge in [-0.25, -0.2) is 4.39 Å². The van der Waals surface area contributed by atoms with Gasteiger partial charge in [-0.1, -0.05) is 23.8 Å². The maximum Gasteiger partial charge on any atom is 0.147 e. The van der Waals surface area contributed by atoms with Crippen LogP contribution < -0.4 is 4.90 Å². The van der Waals surface area contributed by atoms with Gasteiger partial charge in [-0.05, 0) is 49.6 Å². The van der Waals surface area contributed by atoms with E-state index in [4.69, 9.17) is 0 Å². The first-order valence-electron chi connectivity index (χ1n) is 7.37. The molecular formula is C18H19FN2. The molecule has 1 heterocycles. The second-order valence-electron chi connectivity index (χ2n) is 5.50. The van der Waals surface area contributed by atoms with Crippen LogP contribution in [0.15, 0.2) is 47.5 Å². The van der Waals surface area contributed by atoms with E-state index in [2.05, 4.69) is 9.89 Å². The molecule has 1 fully saturated rings. The van der Waals surface area contributed by atoms with Crippen LogP contribution in [0.3, 0.4) is 0 Å². The fourth-order valence-electron chi connectivity index (χ4n) is 2.60. The van der Waals surface area contributed by atoms with Crippen LogP contribution in [0.25, 0.3) is 0 Å². The molecule has 21 heavy (non-hydrogen) atoms. The SMILES string of the molecule is Cc1ccc(N=Cc2ccc(N3CCCC3)c(F)c2)cc1. The molecule has 0 radical (unpaired) electrons. The van der Waals surface area contributed by atoms with Gasteiger partial charge in [0.05, 0.1) is 11.4 Å². The Hall–Kier alpha value is -2.16. The summed E-state index contributed by atoms with van der Waals surface area (Å²) in [6.07, 6.45) is 4.01. The van der Waals surface area contributed by atoms with E-state index in [9.17, 15) is 4.39 Å². The number of aliphatic imine (C=N–C) groups is 1. The van der Waals surface area contributed by atoms with Crippen LogP contribution in [-0.2, 0) is 0 Å². The maximum atomic E-state index is 14.2. The van der Waals surface area contributed by atoms with Crippen LogP contribution in [0, 0.1) is 12.7 Å². The number of aryl methyl sites for hydroxylation is 1. The summed E-state index contributed by atoms with van der Waals surface area (Å²) in [7, 11) is 0. The summed E-state index contributed by atoms with van der Waals surface area (Å²) in [5, 5.41) is 0. The molecule has 3 heteroatoms. The number of rotatable bonds is 3. The van der Waals surface area contributed by atoms with Gasteiger partial charge in [-0.15, -0.1) is 0 Å². The summed E-state index contributed by atoms with van der Waals surface area (Å²) in [5.41, 5.74) is 3.58. The first-order chi connectivity index (χ1) is 10.2. The molecule has 2 aromatic carbocycles. The molecule has 0 bridgehead atoms. The standard InChI is InChI=1S/C18H19FN2/c1-14-4-7-16(8-5-14)20-13-15-6-9-18(17(19)12-15)21-10-2-3-11-21/h4-9,12-13H,2-3,10-11H2,1H3. The molecule has 0 atom stereocenters. The molecule has 1 aliphatic heterocycles. The number of hydrogen-bond acceptors (Lipinski definition) is 2. The van der Waals surface area contributed by atoms with E-state index in [1.165, 1.54) is 5.56 Å². The van der Waals surface area contributed by atoms with Crippen LogP contribution in [0.2, 0.25) is 0 Å². The molecule has 1 saturated heterocycles. The van der Waals surface area contributed by atoms with Crippen LogP contribution in [0.1, 0.15) is 24.0 Å². The number of anilines is 1. The van der Waals surface area contributed by atoms with Crippen molar-refractivity contribution in [3.8, 4) is 0 Å². The highest BCUT2D eigenvalue weighted by Gasteiger charge is 2.15. The molecular weight excluding hydrogens is 263 g/mol. The highest BCUT2D eigenvalue weighted by atomic mass is 19.1. The fourth-order valence-corrected chi connectivity index (χ4v) is 2.60. The predicted octanol–water partition coefficient (Wildman–Crippen LogP) is 4.48. The van der Waals surface area contributed by atoms with Crippen LogP contribution >= 0.6 is 0 Å². The normalized spacial score (nSPS) is 15.0. The third-order valence-electron chi connectivity index (χ3n) is 3.82. The summed E-state index contributed by atoms with van der Waals surface area (Å²) in [5.74, 6) is -0.162. The van der Waals surface area contributed by atoms with Crippen molar-refractivity contribution in [1.29, 1.82) is 0 Å². The lowest BCUT2D eigenvalue weighted by Crippen LogP contribution is -2.18. The number of benzene rings is 2. The Balaban J connectivity index is 1.77. The molecule has 0 aliphatic carbocycles. The van der Waals surface area contributed by atoms with Gasteiger partial charge in [0.25, 0.3) is 0 Å². The highest BCUT2D eigenvalue weighted by molar-refractivity contribution is 5.82. The van der Waals surface area contributed by atoms with Crippen molar-refractivity contribution in [3.63, 3.8) is 0 Å². The Morgan fingerprint density at radius 2 is 1.76 bits per heavy atom. The van der Waals surface area contributed by atoms with Gasteiger partial charge in [0.1, 0.15) is 5.82 Å². The first-order valence-corrected chi connectivity index (χ1v) is 7.37. The molecule has 0 aromatic heterocycles. The smallest absolute Gasteiger partial charge is 0.147 e. The lowest BCUT2D eigenvalue weighted by molar-refractivity contribution is 0.623. The lowest BCUT2D eigenvalue weighted by atomic mass is 10.2. The van der Waals surface area contributed by atoms with Gasteiger partial charge in [-0.2, -0.15) is 0 Å². The number of hydrogen-bond donors (Lipinski definition) is 0. The van der Waals surface area contributed by atoms with Gasteiger partial charge in [0.2, 0.25) is 0 Å². The van der Waals surface area contributed by atoms with Crippen molar-refractivity contribution in [2.75, 3.05) is 18.0 Å². The summed E-state index contributed by atoms with van der Waals surface area (Å²) in [6.45, 7) is 3.95. The quantitative estimate of drug-likeness (QED) is 0.758. The second-order valence-corrected chi connectivity index (χ2v) is 5.50. The Kier molecular flexibility index (Phi) is 4.00. The fraction of sp³-hybridized carbons (Fsp3) is 0.278. The van der Waals surface area contributed by atoms with E-state index < -0.39 is 0 Å². The van der Waals surface area contributed by atoms with Gasteiger partial charge in [-0.3, -0.25) is 4.99 Å². The van der Waals surface area contributed by atoms with Crippen molar-refractivity contribution in [2.24, 2.45) is 4.99 Å². The Bertz CT molecular complexity index is 641. The van der Waals surface area contributed by atoms with Crippen molar-refractivity contribution >= 4 is 17.6 Å².